The van der Waals surface area contributed by atoms with Crippen LogP contribution in [0.5, 0.6) is 0 Å². The molecule has 0 radical (unpaired) electrons. The number of methoxy groups -OCH3 is 1. The van der Waals surface area contributed by atoms with Crippen LogP contribution in [0.3, 0.4) is 0 Å². The van der Waals surface area contributed by atoms with Gasteiger partial charge in [0.25, 0.3) is 5.91 Å². The minimum atomic E-state index is -0.598. The van der Waals surface area contributed by atoms with Gasteiger partial charge in [-0.1, -0.05) is 12.1 Å². The summed E-state index contributed by atoms with van der Waals surface area (Å²) < 4.78 is 5.92. The largest absolute Gasteiger partial charge is 0.464 e. The molecule has 3 amide bonds. The molecule has 1 N–H and O–H groups in total. The number of aromatic nitrogens is 3. The van der Waals surface area contributed by atoms with E-state index in [1.54, 1.807) is 0 Å². The van der Waals surface area contributed by atoms with E-state index in [-0.39, 0.29) is 12.2 Å². The lowest BCUT2D eigenvalue weighted by Crippen LogP contribution is -2.37. The molecule has 0 bridgehead atoms. The Balaban J connectivity index is 2.17. The van der Waals surface area contributed by atoms with Crippen molar-refractivity contribution in [3.05, 3.63) is 11.4 Å². The molecule has 9 nitrogen and oxygen atoms in total. The first-order valence-corrected chi connectivity index (χ1v) is 6.17. The number of imide groups is 1. The van der Waals surface area contributed by atoms with Crippen LogP contribution in [0.15, 0.2) is 0 Å². The summed E-state index contributed by atoms with van der Waals surface area (Å²) in [5.41, 5.74) is 0.596. The fraction of sp³-hybridized carbons (Fsp3) is 0.545. The molecule has 0 unspecified atom stereocenters. The highest BCUT2D eigenvalue weighted by molar-refractivity contribution is 5.95. The number of hydrogen-bond acceptors (Lipinski definition) is 6. The summed E-state index contributed by atoms with van der Waals surface area (Å²) in [6, 6.07) is -0.415. The van der Waals surface area contributed by atoms with Gasteiger partial charge in [0.2, 0.25) is 0 Å². The highest BCUT2D eigenvalue weighted by atomic mass is 16.5. The summed E-state index contributed by atoms with van der Waals surface area (Å²) in [7, 11) is 1.25. The predicted molar refractivity (Wildman–Crippen MR) is 65.9 cm³/mol. The second kappa shape index (κ2) is 5.68. The van der Waals surface area contributed by atoms with Gasteiger partial charge in [-0.05, 0) is 6.42 Å². The van der Waals surface area contributed by atoms with Crippen molar-refractivity contribution in [2.24, 2.45) is 0 Å². The maximum Gasteiger partial charge on any atom is 0.360 e. The molecule has 0 aromatic carbocycles. The average Bonchev–Trinajstić information content (AvgIpc) is 3.03. The Labute approximate surface area is 114 Å². The Kier molecular flexibility index (Phi) is 3.97. The number of urea groups is 1. The third kappa shape index (κ3) is 2.46. The summed E-state index contributed by atoms with van der Waals surface area (Å²) in [5, 5.41) is 10.0. The topological polar surface area (TPSA) is 106 Å². The lowest BCUT2D eigenvalue weighted by molar-refractivity contribution is -0.128. The quantitative estimate of drug-likeness (QED) is 0.723. The van der Waals surface area contributed by atoms with Gasteiger partial charge < -0.3 is 10.1 Å². The standard InChI is InChI=1S/C11H15N5O4/c1-3-7-9(10(18)20-2)13-14-16(7)6-8(17)15-5-4-12-11(15)19/h3-6H2,1-2H3,(H,12,19). The molecule has 9 heteroatoms. The van der Waals surface area contributed by atoms with E-state index in [1.165, 1.54) is 11.8 Å². The van der Waals surface area contributed by atoms with Crippen molar-refractivity contribution in [3.63, 3.8) is 0 Å². The summed E-state index contributed by atoms with van der Waals surface area (Å²) in [6.45, 7) is 2.45. The van der Waals surface area contributed by atoms with Gasteiger partial charge in [0.05, 0.1) is 12.8 Å². The first-order valence-electron chi connectivity index (χ1n) is 6.17. The van der Waals surface area contributed by atoms with Crippen LogP contribution in [0, 0.1) is 0 Å². The van der Waals surface area contributed by atoms with Crippen molar-refractivity contribution in [2.75, 3.05) is 20.2 Å². The number of rotatable bonds is 4. The van der Waals surface area contributed by atoms with Crippen LogP contribution in [0.25, 0.3) is 0 Å². The van der Waals surface area contributed by atoms with Gasteiger partial charge in [-0.3, -0.25) is 9.69 Å². The van der Waals surface area contributed by atoms with Crippen molar-refractivity contribution in [2.45, 2.75) is 19.9 Å². The van der Waals surface area contributed by atoms with Gasteiger partial charge in [-0.2, -0.15) is 0 Å². The highest BCUT2D eigenvalue weighted by Crippen LogP contribution is 2.09. The van der Waals surface area contributed by atoms with Crippen LogP contribution in [0.1, 0.15) is 23.1 Å². The van der Waals surface area contributed by atoms with Gasteiger partial charge in [0.15, 0.2) is 5.69 Å². The second-order valence-corrected chi connectivity index (χ2v) is 4.16. The van der Waals surface area contributed by atoms with Crippen molar-refractivity contribution < 1.29 is 19.1 Å². The Bertz CT molecular complexity index is 553. The molecule has 1 aromatic heterocycles. The maximum atomic E-state index is 12.0. The van der Waals surface area contributed by atoms with Crippen LogP contribution >= 0.6 is 0 Å². The molecular weight excluding hydrogens is 266 g/mol. The first kappa shape index (κ1) is 14.0. The molecule has 108 valence electrons. The van der Waals surface area contributed by atoms with Crippen LogP contribution in [0.2, 0.25) is 0 Å². The van der Waals surface area contributed by atoms with E-state index >= 15 is 0 Å². The SMILES string of the molecule is CCc1c(C(=O)OC)nnn1CC(=O)N1CCNC1=O. The van der Waals surface area contributed by atoms with E-state index in [9.17, 15) is 14.4 Å². The van der Waals surface area contributed by atoms with Crippen molar-refractivity contribution in [1.82, 2.24) is 25.2 Å². The van der Waals surface area contributed by atoms with Gasteiger partial charge in [0, 0.05) is 13.1 Å². The fourth-order valence-corrected chi connectivity index (χ4v) is 1.99. The average molecular weight is 281 g/mol. The molecule has 1 aliphatic heterocycles. The van der Waals surface area contributed by atoms with E-state index < -0.39 is 17.9 Å². The van der Waals surface area contributed by atoms with Gasteiger partial charge in [-0.25, -0.2) is 14.3 Å². The molecule has 1 saturated heterocycles. The van der Waals surface area contributed by atoms with Crippen LogP contribution in [0.4, 0.5) is 4.79 Å². The molecule has 2 heterocycles. The monoisotopic (exact) mass is 281 g/mol. The Morgan fingerprint density at radius 2 is 2.20 bits per heavy atom. The number of hydrogen-bond donors (Lipinski definition) is 1. The molecule has 1 aliphatic rings. The van der Waals surface area contributed by atoms with Crippen molar-refractivity contribution >= 4 is 17.9 Å². The number of carbonyl (C=O) groups excluding carboxylic acids is 3. The molecule has 2 rings (SSSR count). The fourth-order valence-electron chi connectivity index (χ4n) is 1.99. The maximum absolute atomic E-state index is 12.0. The molecular formula is C11H15N5O4. The third-order valence-corrected chi connectivity index (χ3v) is 2.99. The van der Waals surface area contributed by atoms with E-state index in [2.05, 4.69) is 20.4 Å². The van der Waals surface area contributed by atoms with E-state index in [0.717, 1.165) is 4.90 Å². The molecule has 0 atom stereocenters. The van der Waals surface area contributed by atoms with Gasteiger partial charge in [0.1, 0.15) is 6.54 Å². The third-order valence-electron chi connectivity index (χ3n) is 2.99. The smallest absolute Gasteiger partial charge is 0.360 e. The Morgan fingerprint density at radius 1 is 1.45 bits per heavy atom. The van der Waals surface area contributed by atoms with Gasteiger partial charge in [-0.15, -0.1) is 5.10 Å². The second-order valence-electron chi connectivity index (χ2n) is 4.16. The minimum absolute atomic E-state index is 0.0914. The highest BCUT2D eigenvalue weighted by Gasteiger charge is 2.28. The van der Waals surface area contributed by atoms with Crippen LogP contribution in [-0.2, 0) is 22.5 Å². The van der Waals surface area contributed by atoms with Gasteiger partial charge >= 0.3 is 12.0 Å². The van der Waals surface area contributed by atoms with Crippen molar-refractivity contribution in [1.29, 1.82) is 0 Å². The zero-order valence-electron chi connectivity index (χ0n) is 11.3. The number of nitrogens with zero attached hydrogens (tertiary/aromatic N) is 4. The molecule has 1 aromatic rings. The van der Waals surface area contributed by atoms with Crippen LogP contribution in [-0.4, -0.2) is 58.0 Å². The normalized spacial score (nSPS) is 14.3. The van der Waals surface area contributed by atoms with E-state index in [1.807, 2.05) is 6.92 Å². The Morgan fingerprint density at radius 3 is 2.75 bits per heavy atom. The zero-order chi connectivity index (χ0) is 14.7. The summed E-state index contributed by atoms with van der Waals surface area (Å²) in [5.74, 6) is -0.990. The van der Waals surface area contributed by atoms with Crippen molar-refractivity contribution in [3.8, 4) is 0 Å². The first-order chi connectivity index (χ1) is 9.58. The lowest BCUT2D eigenvalue weighted by Gasteiger charge is -2.12. The number of esters is 1. The molecule has 20 heavy (non-hydrogen) atoms. The lowest BCUT2D eigenvalue weighted by atomic mass is 10.2. The van der Waals surface area contributed by atoms with Crippen LogP contribution < -0.4 is 5.32 Å². The molecule has 1 fully saturated rings. The number of carbonyl (C=O) groups is 3. The zero-order valence-corrected chi connectivity index (χ0v) is 11.3. The molecule has 0 aliphatic carbocycles. The number of nitrogens with one attached hydrogen (secondary N) is 1. The number of amides is 3. The molecule has 0 saturated carbocycles. The summed E-state index contributed by atoms with van der Waals surface area (Å²) in [4.78, 5) is 36.0. The van der Waals surface area contributed by atoms with E-state index in [0.29, 0.717) is 25.2 Å². The van der Waals surface area contributed by atoms with E-state index in [4.69, 9.17) is 0 Å². The summed E-state index contributed by atoms with van der Waals surface area (Å²) in [6.07, 6.45) is 0.469. The minimum Gasteiger partial charge on any atom is -0.464 e. The number of ether oxygens (including phenoxy) is 1. The Hall–Kier alpha value is -2.45. The predicted octanol–water partition coefficient (Wildman–Crippen LogP) is -0.821. The molecule has 0 spiro atoms. The summed E-state index contributed by atoms with van der Waals surface area (Å²) >= 11 is 0.